The highest BCUT2D eigenvalue weighted by Gasteiger charge is 2.38. The molecule has 7 nitrogen and oxygen atoms in total. The van der Waals surface area contributed by atoms with E-state index in [1.807, 2.05) is 6.92 Å². The maximum atomic E-state index is 12.7. The number of piperidine rings is 1. The van der Waals surface area contributed by atoms with Crippen molar-refractivity contribution >= 4 is 27.3 Å². The van der Waals surface area contributed by atoms with Crippen LogP contribution in [0.5, 0.6) is 0 Å². The number of nitro groups is 1. The first-order valence-electron chi connectivity index (χ1n) is 6.46. The molecule has 0 aliphatic carbocycles. The third-order valence-corrected chi connectivity index (χ3v) is 5.84. The third kappa shape index (κ3) is 3.03. The maximum absolute atomic E-state index is 12.7. The van der Waals surface area contributed by atoms with E-state index in [-0.39, 0.29) is 22.4 Å². The summed E-state index contributed by atoms with van der Waals surface area (Å²) in [6, 6.07) is 3.51. The molecule has 2 N–H and O–H groups in total. The molecule has 1 aliphatic rings. The van der Waals surface area contributed by atoms with Gasteiger partial charge in [0.25, 0.3) is 15.7 Å². The van der Waals surface area contributed by atoms with Crippen molar-refractivity contribution in [3.63, 3.8) is 0 Å². The van der Waals surface area contributed by atoms with E-state index in [2.05, 4.69) is 0 Å². The zero-order valence-corrected chi connectivity index (χ0v) is 13.0. The first kappa shape index (κ1) is 16.2. The summed E-state index contributed by atoms with van der Waals surface area (Å²) >= 11 is 5.71. The predicted molar refractivity (Wildman–Crippen MR) is 78.4 cm³/mol. The minimum atomic E-state index is -4.03. The van der Waals surface area contributed by atoms with E-state index in [0.29, 0.717) is 6.42 Å². The number of nitrogens with two attached hydrogens (primary N) is 1. The molecular formula is C12H16ClN3O4S. The third-order valence-electron chi connectivity index (χ3n) is 3.66. The summed E-state index contributed by atoms with van der Waals surface area (Å²) in [4.78, 5) is 9.96. The summed E-state index contributed by atoms with van der Waals surface area (Å²) in [6.07, 6.45) is 0.824. The Morgan fingerprint density at radius 2 is 2.14 bits per heavy atom. The molecule has 21 heavy (non-hydrogen) atoms. The number of hydrogen-bond acceptors (Lipinski definition) is 5. The van der Waals surface area contributed by atoms with Gasteiger partial charge < -0.3 is 5.73 Å². The molecule has 1 aliphatic heterocycles. The molecule has 9 heteroatoms. The fraction of sp³-hybridized carbons (Fsp3) is 0.500. The van der Waals surface area contributed by atoms with Gasteiger partial charge in [-0.25, -0.2) is 8.42 Å². The smallest absolute Gasteiger partial charge is 0.290 e. The summed E-state index contributed by atoms with van der Waals surface area (Å²) in [5, 5.41) is 11.2. The van der Waals surface area contributed by atoms with Gasteiger partial charge in [-0.05, 0) is 30.9 Å². The van der Waals surface area contributed by atoms with Crippen molar-refractivity contribution in [3.8, 4) is 0 Å². The molecule has 0 bridgehead atoms. The van der Waals surface area contributed by atoms with Crippen LogP contribution < -0.4 is 5.73 Å². The molecule has 116 valence electrons. The minimum Gasteiger partial charge on any atom is -0.315 e. The van der Waals surface area contributed by atoms with Crippen LogP contribution in [0.3, 0.4) is 0 Å². The highest BCUT2D eigenvalue weighted by atomic mass is 35.5. The Labute approximate surface area is 127 Å². The Balaban J connectivity index is 2.52. The van der Waals surface area contributed by atoms with Crippen LogP contribution in [0.15, 0.2) is 23.1 Å². The van der Waals surface area contributed by atoms with Crippen LogP contribution in [0.4, 0.5) is 5.69 Å². The Morgan fingerprint density at radius 3 is 2.76 bits per heavy atom. The molecule has 0 saturated carbocycles. The zero-order valence-electron chi connectivity index (χ0n) is 11.4. The molecule has 1 heterocycles. The molecule has 2 rings (SSSR count). The predicted octanol–water partition coefficient (Wildman–Crippen LogP) is 1.95. The van der Waals surface area contributed by atoms with Gasteiger partial charge in [-0.15, -0.1) is 0 Å². The van der Waals surface area contributed by atoms with E-state index in [0.717, 1.165) is 22.9 Å². The number of benzene rings is 1. The maximum Gasteiger partial charge on any atom is 0.290 e. The van der Waals surface area contributed by atoms with Gasteiger partial charge in [-0.3, -0.25) is 10.1 Å². The van der Waals surface area contributed by atoms with E-state index in [1.165, 1.54) is 6.07 Å². The van der Waals surface area contributed by atoms with Crippen molar-refractivity contribution < 1.29 is 13.3 Å². The first-order valence-corrected chi connectivity index (χ1v) is 8.28. The molecule has 1 fully saturated rings. The fourth-order valence-corrected chi connectivity index (χ4v) is 4.39. The van der Waals surface area contributed by atoms with Crippen molar-refractivity contribution in [1.82, 2.24) is 4.31 Å². The average Bonchev–Trinajstić information content (AvgIpc) is 2.41. The van der Waals surface area contributed by atoms with Gasteiger partial charge in [0.15, 0.2) is 4.90 Å². The number of halogens is 1. The Hall–Kier alpha value is -1.22. The Morgan fingerprint density at radius 1 is 1.48 bits per heavy atom. The lowest BCUT2D eigenvalue weighted by atomic mass is 9.99. The largest absolute Gasteiger partial charge is 0.315 e. The van der Waals surface area contributed by atoms with Crippen LogP contribution in [0.2, 0.25) is 5.02 Å². The van der Waals surface area contributed by atoms with Gasteiger partial charge in [0.2, 0.25) is 0 Å². The number of sulfonamides is 1. The van der Waals surface area contributed by atoms with E-state index in [4.69, 9.17) is 17.3 Å². The second kappa shape index (κ2) is 5.88. The molecule has 1 aromatic carbocycles. The zero-order chi connectivity index (χ0) is 15.8. The van der Waals surface area contributed by atoms with Crippen LogP contribution in [0.25, 0.3) is 0 Å². The summed E-state index contributed by atoms with van der Waals surface area (Å²) in [7, 11) is -4.03. The van der Waals surface area contributed by atoms with Crippen LogP contribution in [-0.4, -0.2) is 30.4 Å². The summed E-state index contributed by atoms with van der Waals surface area (Å²) in [6.45, 7) is 2.12. The van der Waals surface area contributed by atoms with E-state index < -0.39 is 26.8 Å². The van der Waals surface area contributed by atoms with Crippen LogP contribution in [0, 0.1) is 16.0 Å². The molecular weight excluding hydrogens is 318 g/mol. The first-order chi connectivity index (χ1) is 9.75. The van der Waals surface area contributed by atoms with Crippen LogP contribution in [-0.2, 0) is 10.0 Å². The lowest BCUT2D eigenvalue weighted by molar-refractivity contribution is -0.387. The fourth-order valence-electron chi connectivity index (χ4n) is 2.43. The lowest BCUT2D eigenvalue weighted by Crippen LogP contribution is -2.52. The number of nitrogens with zero attached hydrogens (tertiary/aromatic N) is 2. The Kier molecular flexibility index (Phi) is 4.52. The van der Waals surface area contributed by atoms with E-state index in [9.17, 15) is 18.5 Å². The summed E-state index contributed by atoms with van der Waals surface area (Å²) < 4.78 is 26.5. The molecule has 0 aromatic heterocycles. The van der Waals surface area contributed by atoms with Crippen LogP contribution >= 0.6 is 11.6 Å². The minimum absolute atomic E-state index is 0.000110. The van der Waals surface area contributed by atoms with Crippen molar-refractivity contribution in [1.29, 1.82) is 0 Å². The quantitative estimate of drug-likeness (QED) is 0.672. The number of nitro benzene ring substituents is 1. The van der Waals surface area contributed by atoms with Gasteiger partial charge in [0, 0.05) is 17.6 Å². The number of rotatable bonds is 3. The van der Waals surface area contributed by atoms with E-state index >= 15 is 0 Å². The van der Waals surface area contributed by atoms with Gasteiger partial charge in [-0.2, -0.15) is 4.31 Å². The second-order valence-corrected chi connectivity index (χ2v) is 7.39. The molecule has 0 spiro atoms. The van der Waals surface area contributed by atoms with Crippen LogP contribution in [0.1, 0.15) is 19.8 Å². The van der Waals surface area contributed by atoms with Gasteiger partial charge in [-0.1, -0.05) is 18.5 Å². The monoisotopic (exact) mass is 333 g/mol. The molecule has 0 radical (unpaired) electrons. The highest BCUT2D eigenvalue weighted by molar-refractivity contribution is 7.89. The SMILES string of the molecule is CC1CCCN(S(=O)(=O)c2ccc(Cl)cc2[N+](=O)[O-])C1N. The van der Waals surface area contributed by atoms with Crippen molar-refractivity contribution in [2.75, 3.05) is 6.54 Å². The number of hydrogen-bond donors (Lipinski definition) is 1. The highest BCUT2D eigenvalue weighted by Crippen LogP contribution is 2.32. The van der Waals surface area contributed by atoms with Crippen molar-refractivity contribution in [2.45, 2.75) is 30.8 Å². The van der Waals surface area contributed by atoms with Gasteiger partial charge in [0.1, 0.15) is 0 Å². The van der Waals surface area contributed by atoms with Gasteiger partial charge in [0.05, 0.1) is 11.1 Å². The Bertz CT molecular complexity index is 664. The molecule has 0 amide bonds. The van der Waals surface area contributed by atoms with Crippen molar-refractivity contribution in [3.05, 3.63) is 33.3 Å². The second-order valence-electron chi connectivity index (χ2n) is 5.10. The normalized spacial score (nSPS) is 24.0. The molecule has 1 aromatic rings. The molecule has 2 unspecified atom stereocenters. The topological polar surface area (TPSA) is 107 Å². The molecule has 1 saturated heterocycles. The summed E-state index contributed by atoms with van der Waals surface area (Å²) in [5.41, 5.74) is 5.42. The average molecular weight is 334 g/mol. The molecule has 2 atom stereocenters. The van der Waals surface area contributed by atoms with E-state index in [1.54, 1.807) is 0 Å². The van der Waals surface area contributed by atoms with Gasteiger partial charge >= 0.3 is 0 Å². The summed E-state index contributed by atoms with van der Waals surface area (Å²) in [5.74, 6) is -0.000110. The van der Waals surface area contributed by atoms with Crippen molar-refractivity contribution in [2.24, 2.45) is 11.7 Å². The standard InChI is InChI=1S/C12H16ClN3O4S/c1-8-3-2-6-15(12(8)14)21(19,20)11-5-4-9(13)7-10(11)16(17)18/h4-5,7-8,12H,2-3,6,14H2,1H3. The lowest BCUT2D eigenvalue weighted by Gasteiger charge is -2.36.